The van der Waals surface area contributed by atoms with Gasteiger partial charge in [0.2, 0.25) is 5.91 Å². The van der Waals surface area contributed by atoms with Crippen molar-refractivity contribution < 1.29 is 19.1 Å². The predicted octanol–water partition coefficient (Wildman–Crippen LogP) is 1.99. The first-order valence-electron chi connectivity index (χ1n) is 8.15. The van der Waals surface area contributed by atoms with Crippen molar-refractivity contribution >= 4 is 11.8 Å². The van der Waals surface area contributed by atoms with Crippen molar-refractivity contribution in [3.05, 3.63) is 71.2 Å². The van der Waals surface area contributed by atoms with E-state index in [0.29, 0.717) is 18.5 Å². The van der Waals surface area contributed by atoms with Crippen molar-refractivity contribution in [1.82, 2.24) is 15.5 Å². The first kappa shape index (κ1) is 18.1. The minimum absolute atomic E-state index is 0.130. The van der Waals surface area contributed by atoms with Crippen LogP contribution in [0.25, 0.3) is 11.3 Å². The number of phenols is 1. The molecule has 0 aliphatic rings. The Labute approximate surface area is 154 Å². The smallest absolute Gasteiger partial charge is 0.269 e. The Balaban J connectivity index is 1.59. The van der Waals surface area contributed by atoms with Crippen LogP contribution in [0, 0.1) is 5.82 Å². The molecule has 3 rings (SSSR count). The van der Waals surface area contributed by atoms with Crippen molar-refractivity contribution in [2.75, 3.05) is 6.54 Å². The van der Waals surface area contributed by atoms with Crippen LogP contribution in [0.4, 0.5) is 4.39 Å². The van der Waals surface area contributed by atoms with Gasteiger partial charge in [-0.05, 0) is 48.4 Å². The highest BCUT2D eigenvalue weighted by atomic mass is 19.1. The molecule has 0 aliphatic heterocycles. The summed E-state index contributed by atoms with van der Waals surface area (Å²) in [6.07, 6.45) is 0.566. The molecule has 27 heavy (non-hydrogen) atoms. The van der Waals surface area contributed by atoms with Gasteiger partial charge in [-0.3, -0.25) is 14.7 Å². The second-order valence-electron chi connectivity index (χ2n) is 5.90. The van der Waals surface area contributed by atoms with Crippen LogP contribution in [-0.4, -0.2) is 33.7 Å². The number of carbonyl (C=O) groups excluding carboxylic acids is 2. The zero-order valence-corrected chi connectivity index (χ0v) is 14.2. The van der Waals surface area contributed by atoms with E-state index >= 15 is 0 Å². The molecule has 1 heterocycles. The molecule has 7 nitrogen and oxygen atoms in total. The van der Waals surface area contributed by atoms with Crippen molar-refractivity contribution in [2.24, 2.45) is 5.73 Å². The van der Waals surface area contributed by atoms with E-state index in [1.807, 2.05) is 0 Å². The van der Waals surface area contributed by atoms with Crippen molar-refractivity contribution in [2.45, 2.75) is 6.42 Å². The summed E-state index contributed by atoms with van der Waals surface area (Å²) in [7, 11) is 0. The number of halogens is 1. The quantitative estimate of drug-likeness (QED) is 0.532. The van der Waals surface area contributed by atoms with Crippen LogP contribution in [0.2, 0.25) is 0 Å². The lowest BCUT2D eigenvalue weighted by Crippen LogP contribution is -2.26. The largest absolute Gasteiger partial charge is 0.507 e. The van der Waals surface area contributed by atoms with Gasteiger partial charge in [0.1, 0.15) is 17.3 Å². The molecule has 8 heteroatoms. The average Bonchev–Trinajstić information content (AvgIpc) is 3.14. The molecule has 138 valence electrons. The van der Waals surface area contributed by atoms with E-state index in [4.69, 9.17) is 5.73 Å². The number of nitrogens with one attached hydrogen (secondary N) is 2. The maximum absolute atomic E-state index is 13.3. The van der Waals surface area contributed by atoms with Gasteiger partial charge in [-0.2, -0.15) is 5.10 Å². The number of carbonyl (C=O) groups is 2. The zero-order chi connectivity index (χ0) is 19.4. The summed E-state index contributed by atoms with van der Waals surface area (Å²) in [4.78, 5) is 23.2. The lowest BCUT2D eigenvalue weighted by atomic mass is 10.1. The summed E-state index contributed by atoms with van der Waals surface area (Å²) in [5.74, 6) is -1.51. The molecular weight excluding hydrogens is 351 g/mol. The molecule has 1 aromatic heterocycles. The summed E-state index contributed by atoms with van der Waals surface area (Å²) in [5.41, 5.74) is 7.20. The molecule has 0 fully saturated rings. The standard InChI is InChI=1S/C19H17FN4O3/c20-13-5-6-17(25)14(9-13)15-10-16(24-23-15)19(27)22-8-7-11-1-3-12(4-2-11)18(21)26/h1-6,9-10,25H,7-8H2,(H2,21,26)(H,22,27)(H,23,24). The maximum atomic E-state index is 13.3. The van der Waals surface area contributed by atoms with Gasteiger partial charge in [0.25, 0.3) is 5.91 Å². The topological polar surface area (TPSA) is 121 Å². The van der Waals surface area contributed by atoms with Crippen LogP contribution < -0.4 is 11.1 Å². The Bertz CT molecular complexity index is 983. The van der Waals surface area contributed by atoms with E-state index in [9.17, 15) is 19.1 Å². The molecule has 5 N–H and O–H groups in total. The Hall–Kier alpha value is -3.68. The Morgan fingerprint density at radius 2 is 1.89 bits per heavy atom. The fourth-order valence-electron chi connectivity index (χ4n) is 2.54. The van der Waals surface area contributed by atoms with Gasteiger partial charge in [-0.25, -0.2) is 4.39 Å². The lowest BCUT2D eigenvalue weighted by molar-refractivity contribution is 0.0948. The molecule has 0 atom stereocenters. The van der Waals surface area contributed by atoms with E-state index in [1.54, 1.807) is 24.3 Å². The summed E-state index contributed by atoms with van der Waals surface area (Å²) >= 11 is 0. The SMILES string of the molecule is NC(=O)c1ccc(CCNC(=O)c2cc(-c3cc(F)ccc3O)n[nH]2)cc1. The van der Waals surface area contributed by atoms with E-state index in [1.165, 1.54) is 12.1 Å². The average molecular weight is 368 g/mol. The van der Waals surface area contributed by atoms with E-state index < -0.39 is 11.7 Å². The molecule has 0 radical (unpaired) electrons. The Kier molecular flexibility index (Phi) is 5.16. The van der Waals surface area contributed by atoms with E-state index in [0.717, 1.165) is 17.7 Å². The number of rotatable bonds is 6. The second-order valence-corrected chi connectivity index (χ2v) is 5.90. The molecule has 0 unspecified atom stereocenters. The van der Waals surface area contributed by atoms with Crippen LogP contribution in [0.1, 0.15) is 26.4 Å². The highest BCUT2D eigenvalue weighted by Gasteiger charge is 2.14. The number of nitrogens with two attached hydrogens (primary N) is 1. The fourth-order valence-corrected chi connectivity index (χ4v) is 2.54. The summed E-state index contributed by atoms with van der Waals surface area (Å²) in [6.45, 7) is 0.369. The van der Waals surface area contributed by atoms with Crippen LogP contribution in [0.3, 0.4) is 0 Å². The number of aromatic nitrogens is 2. The van der Waals surface area contributed by atoms with Gasteiger partial charge in [-0.1, -0.05) is 12.1 Å². The number of aromatic hydroxyl groups is 1. The Morgan fingerprint density at radius 1 is 1.15 bits per heavy atom. The molecule has 0 spiro atoms. The third kappa shape index (κ3) is 4.30. The van der Waals surface area contributed by atoms with Gasteiger partial charge < -0.3 is 16.2 Å². The van der Waals surface area contributed by atoms with Gasteiger partial charge in [-0.15, -0.1) is 0 Å². The third-order valence-corrected chi connectivity index (χ3v) is 3.99. The number of hydrogen-bond donors (Lipinski definition) is 4. The van der Waals surface area contributed by atoms with Crippen LogP contribution in [0.15, 0.2) is 48.5 Å². The molecule has 0 aliphatic carbocycles. The normalized spacial score (nSPS) is 10.6. The van der Waals surface area contributed by atoms with Crippen LogP contribution >= 0.6 is 0 Å². The number of hydrogen-bond acceptors (Lipinski definition) is 4. The zero-order valence-electron chi connectivity index (χ0n) is 14.2. The number of benzene rings is 2. The predicted molar refractivity (Wildman–Crippen MR) is 96.6 cm³/mol. The molecule has 0 saturated carbocycles. The van der Waals surface area contributed by atoms with E-state index in [2.05, 4.69) is 15.5 Å². The number of primary amides is 1. The minimum atomic E-state index is -0.515. The molecule has 2 aromatic carbocycles. The number of phenolic OH excluding ortho intramolecular Hbond substituents is 1. The first-order valence-corrected chi connectivity index (χ1v) is 8.15. The molecule has 3 aromatic rings. The fraction of sp³-hybridized carbons (Fsp3) is 0.105. The molecular formula is C19H17FN4O3. The van der Waals surface area contributed by atoms with Gasteiger partial charge in [0.15, 0.2) is 0 Å². The highest BCUT2D eigenvalue weighted by Crippen LogP contribution is 2.28. The Morgan fingerprint density at radius 3 is 2.59 bits per heavy atom. The lowest BCUT2D eigenvalue weighted by Gasteiger charge is -2.04. The summed E-state index contributed by atoms with van der Waals surface area (Å²) in [6, 6.07) is 11.7. The summed E-state index contributed by atoms with van der Waals surface area (Å²) < 4.78 is 13.3. The highest BCUT2D eigenvalue weighted by molar-refractivity contribution is 5.93. The van der Waals surface area contributed by atoms with Crippen LogP contribution in [-0.2, 0) is 6.42 Å². The number of nitrogens with zero attached hydrogens (tertiary/aromatic N) is 1. The number of aromatic amines is 1. The number of amides is 2. The first-order chi connectivity index (χ1) is 12.9. The van der Waals surface area contributed by atoms with Crippen molar-refractivity contribution in [3.63, 3.8) is 0 Å². The van der Waals surface area contributed by atoms with Gasteiger partial charge in [0.05, 0.1) is 5.69 Å². The van der Waals surface area contributed by atoms with Crippen molar-refractivity contribution in [3.8, 4) is 17.0 Å². The monoisotopic (exact) mass is 368 g/mol. The third-order valence-electron chi connectivity index (χ3n) is 3.99. The summed E-state index contributed by atoms with van der Waals surface area (Å²) in [5, 5.41) is 19.1. The van der Waals surface area contributed by atoms with Gasteiger partial charge in [0, 0.05) is 17.7 Å². The van der Waals surface area contributed by atoms with E-state index in [-0.39, 0.29) is 28.6 Å². The molecule has 2 amide bonds. The number of H-pyrrole nitrogens is 1. The minimum Gasteiger partial charge on any atom is -0.507 e. The molecule has 0 bridgehead atoms. The van der Waals surface area contributed by atoms with Crippen LogP contribution in [0.5, 0.6) is 5.75 Å². The molecule has 0 saturated heterocycles. The maximum Gasteiger partial charge on any atom is 0.269 e. The van der Waals surface area contributed by atoms with Gasteiger partial charge >= 0.3 is 0 Å². The second kappa shape index (κ2) is 7.69. The van der Waals surface area contributed by atoms with Crippen molar-refractivity contribution in [1.29, 1.82) is 0 Å².